The molecule has 0 bridgehead atoms. The molecule has 0 aromatic heterocycles. The number of carbonyl (C=O) groups is 3. The molecular formula is C15H21N3O3. The molecule has 1 aromatic rings. The molecule has 0 saturated heterocycles. The van der Waals surface area contributed by atoms with Crippen LogP contribution in [0.15, 0.2) is 24.3 Å². The normalized spacial score (nSPS) is 10.1. The minimum absolute atomic E-state index is 0.0654. The first-order valence-corrected chi connectivity index (χ1v) is 6.83. The fraction of sp³-hybridized carbons (Fsp3) is 0.400. The Bertz CT molecular complexity index is 527. The van der Waals surface area contributed by atoms with E-state index in [0.717, 1.165) is 0 Å². The second-order valence-corrected chi connectivity index (χ2v) is 4.99. The van der Waals surface area contributed by atoms with Crippen LogP contribution in [0, 0.1) is 0 Å². The van der Waals surface area contributed by atoms with Crippen molar-refractivity contribution < 1.29 is 14.4 Å². The zero-order valence-corrected chi connectivity index (χ0v) is 12.5. The van der Waals surface area contributed by atoms with Crippen molar-refractivity contribution >= 4 is 23.4 Å². The van der Waals surface area contributed by atoms with Crippen molar-refractivity contribution in [2.75, 3.05) is 11.9 Å². The van der Waals surface area contributed by atoms with Gasteiger partial charge in [-0.25, -0.2) is 4.79 Å². The predicted octanol–water partition coefficient (Wildman–Crippen LogP) is 1.93. The first-order chi connectivity index (χ1) is 9.88. The Kier molecular flexibility index (Phi) is 6.39. The molecule has 1 rings (SSSR count). The van der Waals surface area contributed by atoms with Gasteiger partial charge in [-0.05, 0) is 32.9 Å². The van der Waals surface area contributed by atoms with Crippen LogP contribution in [0.25, 0.3) is 0 Å². The standard InChI is InChI=1S/C15H21N3O3/c1-10(2)17-14(20)7-8-16-15(21)18-13-6-4-5-12(9-13)11(3)19/h4-6,9-10H,7-8H2,1-3H3,(H,17,20)(H2,16,18,21). The van der Waals surface area contributed by atoms with E-state index in [4.69, 9.17) is 0 Å². The Morgan fingerprint density at radius 2 is 1.90 bits per heavy atom. The Labute approximate surface area is 124 Å². The second-order valence-electron chi connectivity index (χ2n) is 4.99. The van der Waals surface area contributed by atoms with Crippen molar-refractivity contribution in [1.82, 2.24) is 10.6 Å². The minimum Gasteiger partial charge on any atom is -0.354 e. The third kappa shape index (κ3) is 6.56. The van der Waals surface area contributed by atoms with Gasteiger partial charge in [-0.1, -0.05) is 12.1 Å². The van der Waals surface area contributed by atoms with Crippen molar-refractivity contribution in [3.8, 4) is 0 Å². The highest BCUT2D eigenvalue weighted by Crippen LogP contribution is 2.10. The van der Waals surface area contributed by atoms with E-state index < -0.39 is 6.03 Å². The van der Waals surface area contributed by atoms with Gasteiger partial charge >= 0.3 is 6.03 Å². The van der Waals surface area contributed by atoms with E-state index in [0.29, 0.717) is 11.3 Å². The van der Waals surface area contributed by atoms with Gasteiger partial charge in [-0.2, -0.15) is 0 Å². The monoisotopic (exact) mass is 291 g/mol. The largest absolute Gasteiger partial charge is 0.354 e. The van der Waals surface area contributed by atoms with Gasteiger partial charge in [-0.15, -0.1) is 0 Å². The highest BCUT2D eigenvalue weighted by molar-refractivity contribution is 5.96. The van der Waals surface area contributed by atoms with Gasteiger partial charge in [0.2, 0.25) is 5.91 Å². The van der Waals surface area contributed by atoms with Crippen LogP contribution in [0.3, 0.4) is 0 Å². The van der Waals surface area contributed by atoms with Crippen LogP contribution in [0.4, 0.5) is 10.5 Å². The highest BCUT2D eigenvalue weighted by atomic mass is 16.2. The molecule has 3 amide bonds. The molecule has 1 aromatic carbocycles. The average molecular weight is 291 g/mol. The van der Waals surface area contributed by atoms with Crippen LogP contribution in [0.5, 0.6) is 0 Å². The summed E-state index contributed by atoms with van der Waals surface area (Å²) in [5, 5.41) is 7.94. The molecule has 6 nitrogen and oxygen atoms in total. The fourth-order valence-corrected chi connectivity index (χ4v) is 1.67. The number of urea groups is 1. The first-order valence-electron chi connectivity index (χ1n) is 6.83. The molecule has 0 saturated carbocycles. The minimum atomic E-state index is -0.409. The summed E-state index contributed by atoms with van der Waals surface area (Å²) in [5.41, 5.74) is 1.07. The molecule has 0 atom stereocenters. The number of amides is 3. The van der Waals surface area contributed by atoms with E-state index in [2.05, 4.69) is 16.0 Å². The highest BCUT2D eigenvalue weighted by Gasteiger charge is 2.06. The maximum atomic E-state index is 11.7. The number of carbonyl (C=O) groups excluding carboxylic acids is 3. The molecule has 0 aliphatic carbocycles. The molecule has 0 aliphatic rings. The van der Waals surface area contributed by atoms with Crippen LogP contribution < -0.4 is 16.0 Å². The van der Waals surface area contributed by atoms with Crippen molar-refractivity contribution in [3.05, 3.63) is 29.8 Å². The quantitative estimate of drug-likeness (QED) is 0.700. The Morgan fingerprint density at radius 3 is 2.52 bits per heavy atom. The van der Waals surface area contributed by atoms with Gasteiger partial charge < -0.3 is 16.0 Å². The van der Waals surface area contributed by atoms with Crippen LogP contribution in [-0.4, -0.2) is 30.3 Å². The smallest absolute Gasteiger partial charge is 0.319 e. The molecule has 0 radical (unpaired) electrons. The summed E-state index contributed by atoms with van der Waals surface area (Å²) in [6.07, 6.45) is 0.221. The lowest BCUT2D eigenvalue weighted by atomic mass is 10.1. The van der Waals surface area contributed by atoms with E-state index in [9.17, 15) is 14.4 Å². The van der Waals surface area contributed by atoms with Crippen molar-refractivity contribution in [2.45, 2.75) is 33.2 Å². The summed E-state index contributed by atoms with van der Waals surface area (Å²) < 4.78 is 0. The molecule has 0 heterocycles. The number of anilines is 1. The molecule has 6 heteroatoms. The van der Waals surface area contributed by atoms with Crippen LogP contribution >= 0.6 is 0 Å². The number of ketones is 1. The summed E-state index contributed by atoms with van der Waals surface area (Å²) in [6, 6.07) is 6.35. The molecule has 0 aliphatic heterocycles. The molecule has 3 N–H and O–H groups in total. The fourth-order valence-electron chi connectivity index (χ4n) is 1.67. The van der Waals surface area contributed by atoms with Gasteiger partial charge in [0.25, 0.3) is 0 Å². The van der Waals surface area contributed by atoms with E-state index in [1.165, 1.54) is 6.92 Å². The molecule has 0 fully saturated rings. The maximum Gasteiger partial charge on any atom is 0.319 e. The zero-order valence-electron chi connectivity index (χ0n) is 12.5. The van der Waals surface area contributed by atoms with E-state index in [-0.39, 0.29) is 30.7 Å². The van der Waals surface area contributed by atoms with Crippen LogP contribution in [0.1, 0.15) is 37.6 Å². The number of hydrogen-bond acceptors (Lipinski definition) is 3. The molecule has 0 unspecified atom stereocenters. The number of hydrogen-bond donors (Lipinski definition) is 3. The van der Waals surface area contributed by atoms with E-state index in [1.807, 2.05) is 13.8 Å². The molecular weight excluding hydrogens is 270 g/mol. The second kappa shape index (κ2) is 8.04. The lowest BCUT2D eigenvalue weighted by molar-refractivity contribution is -0.121. The molecule has 114 valence electrons. The van der Waals surface area contributed by atoms with Gasteiger partial charge in [0.15, 0.2) is 5.78 Å². The Balaban J connectivity index is 2.39. The number of rotatable bonds is 6. The van der Waals surface area contributed by atoms with Gasteiger partial charge in [0, 0.05) is 30.3 Å². The Hall–Kier alpha value is -2.37. The third-order valence-corrected chi connectivity index (χ3v) is 2.61. The first kappa shape index (κ1) is 16.7. The van der Waals surface area contributed by atoms with E-state index >= 15 is 0 Å². The van der Waals surface area contributed by atoms with Crippen LogP contribution in [0.2, 0.25) is 0 Å². The van der Waals surface area contributed by atoms with Gasteiger partial charge in [0.1, 0.15) is 0 Å². The summed E-state index contributed by atoms with van der Waals surface area (Å²) in [5.74, 6) is -0.173. The summed E-state index contributed by atoms with van der Waals surface area (Å²) in [6.45, 7) is 5.46. The van der Waals surface area contributed by atoms with Gasteiger partial charge in [0.05, 0.1) is 0 Å². The SMILES string of the molecule is CC(=O)c1cccc(NC(=O)NCCC(=O)NC(C)C)c1. The Morgan fingerprint density at radius 1 is 1.19 bits per heavy atom. The van der Waals surface area contributed by atoms with E-state index in [1.54, 1.807) is 24.3 Å². The maximum absolute atomic E-state index is 11.7. The number of Topliss-reactive ketones (excluding diaryl/α,β-unsaturated/α-hetero) is 1. The lowest BCUT2D eigenvalue weighted by Crippen LogP contribution is -2.35. The lowest BCUT2D eigenvalue weighted by Gasteiger charge is -2.10. The molecule has 21 heavy (non-hydrogen) atoms. The molecule has 0 spiro atoms. The van der Waals surface area contributed by atoms with Gasteiger partial charge in [-0.3, -0.25) is 9.59 Å². The average Bonchev–Trinajstić information content (AvgIpc) is 2.37. The predicted molar refractivity (Wildman–Crippen MR) is 81.4 cm³/mol. The van der Waals surface area contributed by atoms with Crippen molar-refractivity contribution in [3.63, 3.8) is 0 Å². The summed E-state index contributed by atoms with van der Waals surface area (Å²) in [7, 11) is 0. The van der Waals surface area contributed by atoms with Crippen molar-refractivity contribution in [2.24, 2.45) is 0 Å². The van der Waals surface area contributed by atoms with Crippen LogP contribution in [-0.2, 0) is 4.79 Å². The zero-order chi connectivity index (χ0) is 15.8. The third-order valence-electron chi connectivity index (χ3n) is 2.61. The number of benzene rings is 1. The topological polar surface area (TPSA) is 87.3 Å². The summed E-state index contributed by atoms with van der Waals surface area (Å²) in [4.78, 5) is 34.3. The number of nitrogens with one attached hydrogen (secondary N) is 3. The summed E-state index contributed by atoms with van der Waals surface area (Å²) >= 11 is 0. The van der Waals surface area contributed by atoms with Crippen molar-refractivity contribution in [1.29, 1.82) is 0 Å².